The first-order valence-corrected chi connectivity index (χ1v) is 12.8. The minimum Gasteiger partial charge on any atom is -0.348 e. The Morgan fingerprint density at radius 2 is 1.57 bits per heavy atom. The predicted molar refractivity (Wildman–Crippen MR) is 117 cm³/mol. The summed E-state index contributed by atoms with van der Waals surface area (Å²) in [5, 5.41) is 3.20. The van der Waals surface area contributed by atoms with Crippen molar-refractivity contribution in [2.24, 2.45) is 0 Å². The molecule has 0 bridgehead atoms. The molecular weight excluding hydrogens is 400 g/mol. The fraction of sp³-hybridized carbons (Fsp3) is 0.682. The van der Waals surface area contributed by atoms with Gasteiger partial charge >= 0.3 is 0 Å². The average molecular weight is 435 g/mol. The van der Waals surface area contributed by atoms with Crippen LogP contribution in [-0.4, -0.2) is 73.6 Å². The molecule has 2 saturated heterocycles. The van der Waals surface area contributed by atoms with Gasteiger partial charge in [-0.2, -0.15) is 17.0 Å². The van der Waals surface area contributed by atoms with Crippen LogP contribution in [0.5, 0.6) is 0 Å². The Bertz CT molecular complexity index is 829. The second-order valence-electron chi connectivity index (χ2n) is 8.71. The van der Waals surface area contributed by atoms with Crippen LogP contribution in [0.3, 0.4) is 0 Å². The fourth-order valence-corrected chi connectivity index (χ4v) is 6.57. The van der Waals surface area contributed by atoms with E-state index in [4.69, 9.17) is 0 Å². The predicted octanol–water partition coefficient (Wildman–Crippen LogP) is 1.92. The Hall–Kier alpha value is -1.48. The van der Waals surface area contributed by atoms with Crippen molar-refractivity contribution in [1.82, 2.24) is 18.8 Å². The van der Waals surface area contributed by atoms with Gasteiger partial charge in [-0.1, -0.05) is 37.1 Å². The highest BCUT2D eigenvalue weighted by molar-refractivity contribution is 7.86. The molecule has 1 aliphatic carbocycles. The maximum absolute atomic E-state index is 13.0. The largest absolute Gasteiger partial charge is 0.348 e. The summed E-state index contributed by atoms with van der Waals surface area (Å²) in [6.45, 7) is 3.71. The number of hydrogen-bond acceptors (Lipinski definition) is 4. The number of benzene rings is 1. The van der Waals surface area contributed by atoms with E-state index in [0.29, 0.717) is 45.8 Å². The first-order chi connectivity index (χ1) is 14.5. The van der Waals surface area contributed by atoms with Crippen LogP contribution in [0.1, 0.15) is 55.7 Å². The van der Waals surface area contributed by atoms with E-state index in [9.17, 15) is 13.2 Å². The van der Waals surface area contributed by atoms with Crippen LogP contribution >= 0.6 is 0 Å². The summed E-state index contributed by atoms with van der Waals surface area (Å²) in [7, 11) is -3.38. The quantitative estimate of drug-likeness (QED) is 0.769. The van der Waals surface area contributed by atoms with Gasteiger partial charge in [0.1, 0.15) is 0 Å². The smallest absolute Gasteiger partial charge is 0.282 e. The van der Waals surface area contributed by atoms with Gasteiger partial charge < -0.3 is 5.32 Å². The number of aryl methyl sites for hydroxylation is 1. The molecule has 2 aliphatic heterocycles. The lowest BCUT2D eigenvalue weighted by Crippen LogP contribution is -2.54. The van der Waals surface area contributed by atoms with Crippen molar-refractivity contribution in [3.63, 3.8) is 0 Å². The monoisotopic (exact) mass is 434 g/mol. The van der Waals surface area contributed by atoms with E-state index in [1.807, 2.05) is 6.07 Å². The zero-order valence-corrected chi connectivity index (χ0v) is 18.6. The van der Waals surface area contributed by atoms with Crippen molar-refractivity contribution in [2.75, 3.05) is 45.8 Å². The van der Waals surface area contributed by atoms with E-state index < -0.39 is 10.2 Å². The zero-order valence-electron chi connectivity index (χ0n) is 17.8. The molecule has 0 saturated carbocycles. The van der Waals surface area contributed by atoms with Crippen LogP contribution in [0.2, 0.25) is 0 Å². The fourth-order valence-electron chi connectivity index (χ4n) is 4.90. The first-order valence-electron chi connectivity index (χ1n) is 11.4. The highest BCUT2D eigenvalue weighted by Crippen LogP contribution is 2.29. The second kappa shape index (κ2) is 9.77. The Kier molecular flexibility index (Phi) is 7.08. The van der Waals surface area contributed by atoms with Gasteiger partial charge in [-0.15, -0.1) is 0 Å². The van der Waals surface area contributed by atoms with E-state index >= 15 is 0 Å². The van der Waals surface area contributed by atoms with E-state index in [-0.39, 0.29) is 11.9 Å². The number of piperazine rings is 1. The highest BCUT2D eigenvalue weighted by Gasteiger charge is 2.33. The topological polar surface area (TPSA) is 73.0 Å². The average Bonchev–Trinajstić information content (AvgIpc) is 3.05. The number of amides is 1. The molecule has 166 valence electrons. The molecule has 0 spiro atoms. The van der Waals surface area contributed by atoms with Gasteiger partial charge in [-0.3, -0.25) is 9.69 Å². The Balaban J connectivity index is 1.27. The molecule has 1 aromatic rings. The van der Waals surface area contributed by atoms with E-state index in [0.717, 1.165) is 44.9 Å². The van der Waals surface area contributed by atoms with E-state index in [1.165, 1.54) is 11.1 Å². The van der Waals surface area contributed by atoms with Crippen LogP contribution in [0, 0.1) is 0 Å². The third-order valence-electron chi connectivity index (χ3n) is 6.62. The van der Waals surface area contributed by atoms with Crippen LogP contribution < -0.4 is 5.32 Å². The molecule has 7 nitrogen and oxygen atoms in total. The van der Waals surface area contributed by atoms with Gasteiger partial charge in [0, 0.05) is 39.3 Å². The molecule has 1 aromatic carbocycles. The molecule has 4 rings (SSSR count). The summed E-state index contributed by atoms with van der Waals surface area (Å²) in [6.07, 6.45) is 7.27. The van der Waals surface area contributed by atoms with Crippen molar-refractivity contribution in [1.29, 1.82) is 0 Å². The van der Waals surface area contributed by atoms with Crippen LogP contribution in [0.15, 0.2) is 24.3 Å². The second-order valence-corrected chi connectivity index (χ2v) is 10.6. The van der Waals surface area contributed by atoms with Gasteiger partial charge in [-0.05, 0) is 43.2 Å². The van der Waals surface area contributed by atoms with Crippen molar-refractivity contribution in [3.8, 4) is 0 Å². The van der Waals surface area contributed by atoms with Gasteiger partial charge in [0.15, 0.2) is 0 Å². The molecule has 1 atom stereocenters. The third-order valence-corrected chi connectivity index (χ3v) is 8.66. The number of nitrogens with one attached hydrogen (secondary N) is 1. The van der Waals surface area contributed by atoms with Crippen molar-refractivity contribution in [2.45, 2.75) is 51.0 Å². The number of fused-ring (bicyclic) bond motifs is 1. The lowest BCUT2D eigenvalue weighted by Gasteiger charge is -2.36. The molecule has 2 heterocycles. The summed E-state index contributed by atoms with van der Waals surface area (Å²) in [5.41, 5.74) is 2.58. The van der Waals surface area contributed by atoms with Crippen molar-refractivity contribution < 1.29 is 13.2 Å². The van der Waals surface area contributed by atoms with Gasteiger partial charge in [0.2, 0.25) is 5.91 Å². The summed E-state index contributed by atoms with van der Waals surface area (Å²) >= 11 is 0. The summed E-state index contributed by atoms with van der Waals surface area (Å²) < 4.78 is 29.2. The maximum atomic E-state index is 13.0. The van der Waals surface area contributed by atoms with E-state index in [2.05, 4.69) is 28.4 Å². The molecule has 0 aromatic heterocycles. The standard InChI is InChI=1S/C22H34N4O3S/c27-22(23-21-11-7-9-19-8-3-4-10-20(19)21)18-24-14-16-26(17-15-24)30(28,29)25-12-5-1-2-6-13-25/h3-4,8,10,21H,1-2,5-7,9,11-18H2,(H,23,27). The number of hydrogen-bond donors (Lipinski definition) is 1. The molecule has 30 heavy (non-hydrogen) atoms. The van der Waals surface area contributed by atoms with Crippen molar-refractivity contribution in [3.05, 3.63) is 35.4 Å². The molecular formula is C22H34N4O3S. The number of carbonyl (C=O) groups excluding carboxylic acids is 1. The summed E-state index contributed by atoms with van der Waals surface area (Å²) in [5.74, 6) is 0.0283. The third kappa shape index (κ3) is 5.04. The van der Waals surface area contributed by atoms with Crippen LogP contribution in [0.25, 0.3) is 0 Å². The van der Waals surface area contributed by atoms with Gasteiger partial charge in [0.25, 0.3) is 10.2 Å². The van der Waals surface area contributed by atoms with Crippen molar-refractivity contribution >= 4 is 16.1 Å². The Morgan fingerprint density at radius 3 is 2.30 bits per heavy atom. The van der Waals surface area contributed by atoms with Gasteiger partial charge in [0.05, 0.1) is 12.6 Å². The van der Waals surface area contributed by atoms with Crippen LogP contribution in [0.4, 0.5) is 0 Å². The Labute approximate surface area is 180 Å². The number of nitrogens with zero attached hydrogens (tertiary/aromatic N) is 3. The zero-order chi connectivity index (χ0) is 21.0. The molecule has 1 unspecified atom stereocenters. The lowest BCUT2D eigenvalue weighted by molar-refractivity contribution is -0.123. The van der Waals surface area contributed by atoms with Gasteiger partial charge in [-0.25, -0.2) is 0 Å². The minimum atomic E-state index is -3.38. The lowest BCUT2D eigenvalue weighted by atomic mass is 9.88. The number of carbonyl (C=O) groups is 1. The molecule has 8 heteroatoms. The Morgan fingerprint density at radius 1 is 0.900 bits per heavy atom. The normalized spacial score (nSPS) is 24.7. The minimum absolute atomic E-state index is 0.0283. The molecule has 1 amide bonds. The first kappa shape index (κ1) is 21.7. The molecule has 0 radical (unpaired) electrons. The number of rotatable bonds is 5. The summed E-state index contributed by atoms with van der Waals surface area (Å²) in [6, 6.07) is 8.45. The SMILES string of the molecule is O=C(CN1CCN(S(=O)(=O)N2CCCCCC2)CC1)NC1CCCc2ccccc21. The molecule has 1 N–H and O–H groups in total. The maximum Gasteiger partial charge on any atom is 0.282 e. The van der Waals surface area contributed by atoms with E-state index in [1.54, 1.807) is 8.61 Å². The molecule has 3 aliphatic rings. The highest BCUT2D eigenvalue weighted by atomic mass is 32.2. The molecule has 2 fully saturated rings. The summed E-state index contributed by atoms with van der Waals surface area (Å²) in [4.78, 5) is 14.7. The van der Waals surface area contributed by atoms with Crippen LogP contribution in [-0.2, 0) is 21.4 Å².